The van der Waals surface area contributed by atoms with Crippen LogP contribution >= 0.6 is 0 Å². The highest BCUT2D eigenvalue weighted by molar-refractivity contribution is 7.91. The Kier molecular flexibility index (Phi) is 6.35. The van der Waals surface area contributed by atoms with Crippen LogP contribution in [0.4, 0.5) is 23.4 Å². The van der Waals surface area contributed by atoms with E-state index in [1.165, 1.54) is 18.2 Å². The second-order valence-electron chi connectivity index (χ2n) is 8.37. The van der Waals surface area contributed by atoms with Crippen LogP contribution in [0.3, 0.4) is 0 Å². The zero-order valence-corrected chi connectivity index (χ0v) is 18.4. The number of sulfone groups is 1. The first-order chi connectivity index (χ1) is 15.5. The van der Waals surface area contributed by atoms with Gasteiger partial charge in [0.15, 0.2) is 0 Å². The predicted octanol–water partition coefficient (Wildman–Crippen LogP) is 3.45. The molecular formula is C22H23F4N3O3S. The van der Waals surface area contributed by atoms with Crippen molar-refractivity contribution in [3.05, 3.63) is 59.5 Å². The van der Waals surface area contributed by atoms with Gasteiger partial charge in [0.25, 0.3) is 0 Å². The Morgan fingerprint density at radius 1 is 1.00 bits per heavy atom. The van der Waals surface area contributed by atoms with Crippen LogP contribution < -0.4 is 4.90 Å². The van der Waals surface area contributed by atoms with E-state index in [1.54, 1.807) is 21.9 Å². The van der Waals surface area contributed by atoms with Crippen molar-refractivity contribution < 1.29 is 30.8 Å². The van der Waals surface area contributed by atoms with E-state index in [9.17, 15) is 30.8 Å². The number of carbonyl (C=O) groups is 1. The monoisotopic (exact) mass is 485 g/mol. The number of benzene rings is 1. The molecule has 1 aromatic heterocycles. The van der Waals surface area contributed by atoms with Crippen molar-refractivity contribution in [3.63, 3.8) is 0 Å². The molecule has 2 aliphatic rings. The molecule has 0 spiro atoms. The summed E-state index contributed by atoms with van der Waals surface area (Å²) in [5.74, 6) is -0.691. The average molecular weight is 486 g/mol. The number of nitrogens with zero attached hydrogens (tertiary/aromatic N) is 3. The quantitative estimate of drug-likeness (QED) is 0.623. The molecule has 0 N–H and O–H groups in total. The maximum Gasteiger partial charge on any atom is 0.417 e. The lowest BCUT2D eigenvalue weighted by Gasteiger charge is -2.43. The van der Waals surface area contributed by atoms with E-state index in [0.717, 1.165) is 12.3 Å². The maximum atomic E-state index is 13.5. The van der Waals surface area contributed by atoms with Crippen LogP contribution in [0.2, 0.25) is 0 Å². The zero-order valence-electron chi connectivity index (χ0n) is 17.6. The third-order valence-corrected chi connectivity index (χ3v) is 7.94. The summed E-state index contributed by atoms with van der Waals surface area (Å²) in [7, 11) is -3.12. The van der Waals surface area contributed by atoms with Crippen molar-refractivity contribution in [2.24, 2.45) is 5.92 Å². The molecule has 2 aromatic rings. The van der Waals surface area contributed by atoms with Crippen molar-refractivity contribution in [3.8, 4) is 0 Å². The fourth-order valence-electron chi connectivity index (χ4n) is 4.34. The van der Waals surface area contributed by atoms with E-state index in [0.29, 0.717) is 17.9 Å². The van der Waals surface area contributed by atoms with Gasteiger partial charge in [-0.25, -0.2) is 17.8 Å². The summed E-state index contributed by atoms with van der Waals surface area (Å²) >= 11 is 0. The number of aromatic nitrogens is 1. The summed E-state index contributed by atoms with van der Waals surface area (Å²) in [6.45, 7) is 0.903. The largest absolute Gasteiger partial charge is 0.417 e. The molecule has 33 heavy (non-hydrogen) atoms. The van der Waals surface area contributed by atoms with Gasteiger partial charge in [-0.1, -0.05) is 12.1 Å². The van der Waals surface area contributed by atoms with Crippen LogP contribution in [0, 0.1) is 11.7 Å². The first-order valence-corrected chi connectivity index (χ1v) is 12.4. The van der Waals surface area contributed by atoms with E-state index >= 15 is 0 Å². The van der Waals surface area contributed by atoms with E-state index in [1.807, 2.05) is 0 Å². The molecule has 0 bridgehead atoms. The van der Waals surface area contributed by atoms with Gasteiger partial charge in [-0.15, -0.1) is 0 Å². The zero-order chi connectivity index (χ0) is 23.8. The summed E-state index contributed by atoms with van der Waals surface area (Å²) in [6, 6.07) is 7.53. The molecule has 0 aliphatic carbocycles. The van der Waals surface area contributed by atoms with Gasteiger partial charge in [0, 0.05) is 31.7 Å². The normalized spacial score (nSPS) is 21.8. The van der Waals surface area contributed by atoms with Gasteiger partial charge in [-0.2, -0.15) is 13.2 Å². The number of halogens is 4. The summed E-state index contributed by atoms with van der Waals surface area (Å²) < 4.78 is 75.6. The Labute approximate surface area is 189 Å². The number of pyridine rings is 1. The molecule has 11 heteroatoms. The van der Waals surface area contributed by atoms with Crippen LogP contribution in [0.25, 0.3) is 0 Å². The number of rotatable bonds is 3. The molecular weight excluding hydrogens is 462 g/mol. The fraction of sp³-hybridized carbons (Fsp3) is 0.455. The number of carbonyl (C=O) groups excluding carboxylic acids is 1. The van der Waals surface area contributed by atoms with Crippen LogP contribution in [-0.2, 0) is 20.8 Å². The molecule has 0 saturated carbocycles. The van der Waals surface area contributed by atoms with Gasteiger partial charge in [0.1, 0.15) is 21.5 Å². The molecule has 2 saturated heterocycles. The number of hydrogen-bond acceptors (Lipinski definition) is 5. The smallest absolute Gasteiger partial charge is 0.352 e. The molecule has 4 rings (SSSR count). The van der Waals surface area contributed by atoms with Gasteiger partial charge in [-0.3, -0.25) is 4.79 Å². The summed E-state index contributed by atoms with van der Waals surface area (Å²) in [5.41, 5.74) is -0.160. The first kappa shape index (κ1) is 23.5. The van der Waals surface area contributed by atoms with Gasteiger partial charge in [0.2, 0.25) is 5.91 Å². The minimum Gasteiger partial charge on any atom is -0.352 e. The lowest BCUT2D eigenvalue weighted by Crippen LogP contribution is -2.53. The van der Waals surface area contributed by atoms with Crippen LogP contribution in [-0.4, -0.2) is 55.3 Å². The lowest BCUT2D eigenvalue weighted by molar-refractivity contribution is -0.139. The standard InChI is InChI=1S/C22H23F4N3O3S/c23-18-4-1-15(2-5-18)19-14-28(20-6-3-17(13-27-20)22(24,25)26)9-10-29(19)21(30)16-7-11-33(31,32)12-8-16/h1-6,13,16,19H,7-12,14H2. The molecule has 2 fully saturated rings. The first-order valence-electron chi connectivity index (χ1n) is 10.6. The highest BCUT2D eigenvalue weighted by Crippen LogP contribution is 2.33. The molecule has 178 valence electrons. The van der Waals surface area contributed by atoms with Gasteiger partial charge < -0.3 is 9.80 Å². The minimum absolute atomic E-state index is 0.0277. The molecule has 1 atom stereocenters. The van der Waals surface area contributed by atoms with Crippen molar-refractivity contribution in [1.82, 2.24) is 9.88 Å². The van der Waals surface area contributed by atoms with Gasteiger partial charge in [0.05, 0.1) is 23.1 Å². The van der Waals surface area contributed by atoms with Gasteiger partial charge >= 0.3 is 6.18 Å². The Bertz CT molecular complexity index is 1090. The topological polar surface area (TPSA) is 70.6 Å². The number of alkyl halides is 3. The van der Waals surface area contributed by atoms with Crippen molar-refractivity contribution in [1.29, 1.82) is 0 Å². The Morgan fingerprint density at radius 3 is 2.24 bits per heavy atom. The number of hydrogen-bond donors (Lipinski definition) is 0. The van der Waals surface area contributed by atoms with Crippen molar-refractivity contribution >= 4 is 21.6 Å². The average Bonchev–Trinajstić information content (AvgIpc) is 2.78. The highest BCUT2D eigenvalue weighted by atomic mass is 32.2. The Morgan fingerprint density at radius 2 is 1.67 bits per heavy atom. The molecule has 1 aromatic carbocycles. The number of amides is 1. The molecule has 1 unspecified atom stereocenters. The third kappa shape index (κ3) is 5.29. The van der Waals surface area contributed by atoms with Crippen LogP contribution in [0.5, 0.6) is 0 Å². The Balaban J connectivity index is 1.57. The van der Waals surface area contributed by atoms with Gasteiger partial charge in [-0.05, 0) is 42.7 Å². The van der Waals surface area contributed by atoms with Crippen molar-refractivity contribution in [2.45, 2.75) is 25.1 Å². The summed E-state index contributed by atoms with van der Waals surface area (Å²) in [5, 5.41) is 0. The molecule has 1 amide bonds. The summed E-state index contributed by atoms with van der Waals surface area (Å²) in [4.78, 5) is 20.7. The van der Waals surface area contributed by atoms with Crippen LogP contribution in [0.1, 0.15) is 30.0 Å². The fourth-order valence-corrected chi connectivity index (χ4v) is 5.83. The summed E-state index contributed by atoms with van der Waals surface area (Å²) in [6.07, 6.45) is -3.18. The molecule has 3 heterocycles. The van der Waals surface area contributed by atoms with E-state index in [4.69, 9.17) is 0 Å². The molecule has 6 nitrogen and oxygen atoms in total. The van der Waals surface area contributed by atoms with E-state index < -0.39 is 39.4 Å². The van der Waals surface area contributed by atoms with Crippen molar-refractivity contribution in [2.75, 3.05) is 36.0 Å². The number of piperazine rings is 1. The molecule has 0 radical (unpaired) electrons. The highest BCUT2D eigenvalue weighted by Gasteiger charge is 2.38. The predicted molar refractivity (Wildman–Crippen MR) is 114 cm³/mol. The molecule has 2 aliphatic heterocycles. The van der Waals surface area contributed by atoms with Crippen LogP contribution in [0.15, 0.2) is 42.6 Å². The van der Waals surface area contributed by atoms with E-state index in [2.05, 4.69) is 4.98 Å². The van der Waals surface area contributed by atoms with E-state index in [-0.39, 0.29) is 43.3 Å². The minimum atomic E-state index is -4.49. The second-order valence-corrected chi connectivity index (χ2v) is 10.7. The SMILES string of the molecule is O=C(C1CCS(=O)(=O)CC1)N1CCN(c2ccc(C(F)(F)F)cn2)CC1c1ccc(F)cc1. The second kappa shape index (κ2) is 8.92. The maximum absolute atomic E-state index is 13.5. The lowest BCUT2D eigenvalue weighted by atomic mass is 9.96. The number of anilines is 1. The third-order valence-electron chi connectivity index (χ3n) is 6.22. The Hall–Kier alpha value is -2.69.